The molecular formula is C38H43F3N6O5. The van der Waals surface area contributed by atoms with Gasteiger partial charge in [-0.15, -0.1) is 0 Å². The topological polar surface area (TPSA) is 102 Å². The van der Waals surface area contributed by atoms with Gasteiger partial charge in [-0.05, 0) is 37.1 Å². The lowest BCUT2D eigenvalue weighted by molar-refractivity contribution is -0.154. The summed E-state index contributed by atoms with van der Waals surface area (Å²) in [4.78, 5) is 33.3. The number of nitrogens with zero attached hydrogens (tertiary/aromatic N) is 6. The van der Waals surface area contributed by atoms with Gasteiger partial charge in [0.15, 0.2) is 6.61 Å². The molecule has 4 aromatic rings. The van der Waals surface area contributed by atoms with E-state index in [1.54, 1.807) is 25.3 Å². The van der Waals surface area contributed by atoms with Crippen molar-refractivity contribution in [2.75, 3.05) is 59.7 Å². The van der Waals surface area contributed by atoms with E-state index in [2.05, 4.69) is 49.0 Å². The second-order valence-corrected chi connectivity index (χ2v) is 12.6. The first-order valence-electron chi connectivity index (χ1n) is 17.4. The number of alkyl halides is 3. The molecule has 1 amide bonds. The average molecular weight is 721 g/mol. The molecule has 276 valence electrons. The molecule has 2 aromatic carbocycles. The summed E-state index contributed by atoms with van der Waals surface area (Å²) in [5.74, 6) is -0.121. The number of aromatic nitrogens is 3. The highest BCUT2D eigenvalue weighted by atomic mass is 19.4. The number of hydrogen-bond donors (Lipinski definition) is 0. The largest absolute Gasteiger partial charge is 0.481 e. The Bertz CT molecular complexity index is 1740. The maximum Gasteiger partial charge on any atom is 0.422 e. The quantitative estimate of drug-likeness (QED) is 0.177. The predicted octanol–water partition coefficient (Wildman–Crippen LogP) is 5.46. The van der Waals surface area contributed by atoms with Gasteiger partial charge in [0, 0.05) is 63.5 Å². The van der Waals surface area contributed by atoms with E-state index in [9.17, 15) is 18.0 Å². The highest BCUT2D eigenvalue weighted by molar-refractivity contribution is 5.96. The summed E-state index contributed by atoms with van der Waals surface area (Å²) in [5.41, 5.74) is 2.94. The van der Waals surface area contributed by atoms with Crippen LogP contribution in [0.5, 0.6) is 23.7 Å². The van der Waals surface area contributed by atoms with Crippen LogP contribution in [0.3, 0.4) is 0 Å². The smallest absolute Gasteiger partial charge is 0.422 e. The standard InChI is InChI=1S/C38H43F3N6O5/c1-4-50-33-29(17-12-18-42-33)36(48)46-19-20-47-28(22-46)21-45(24-31(47)32(26-13-8-6-9-14-26)27-15-10-7-11-16-27)23-30-34(49-3)43-37(51-5-2)44-35(30)52-25-38(39,40)41/h6-18,28,31-32H,4-5,19-25H2,1-3H3. The number of methoxy groups -OCH3 is 1. The van der Waals surface area contributed by atoms with E-state index in [1.807, 2.05) is 48.2 Å². The summed E-state index contributed by atoms with van der Waals surface area (Å²) >= 11 is 0. The Morgan fingerprint density at radius 2 is 1.50 bits per heavy atom. The first kappa shape index (κ1) is 36.8. The van der Waals surface area contributed by atoms with Crippen LogP contribution in [0.4, 0.5) is 13.2 Å². The van der Waals surface area contributed by atoms with Gasteiger partial charge in [-0.3, -0.25) is 14.6 Å². The molecule has 0 bridgehead atoms. The third kappa shape index (κ3) is 8.56. The Labute approximate surface area is 301 Å². The second kappa shape index (κ2) is 16.6. The fourth-order valence-corrected chi connectivity index (χ4v) is 7.17. The lowest BCUT2D eigenvalue weighted by atomic mass is 9.81. The van der Waals surface area contributed by atoms with Gasteiger partial charge in [-0.2, -0.15) is 23.1 Å². The molecule has 0 saturated carbocycles. The summed E-state index contributed by atoms with van der Waals surface area (Å²) in [6, 6.07) is 23.7. The number of piperazine rings is 2. The first-order valence-corrected chi connectivity index (χ1v) is 17.4. The molecule has 2 unspecified atom stereocenters. The Kier molecular flexibility index (Phi) is 11.8. The van der Waals surface area contributed by atoms with Crippen molar-refractivity contribution in [2.24, 2.45) is 0 Å². The molecule has 2 aromatic heterocycles. The van der Waals surface area contributed by atoms with E-state index >= 15 is 0 Å². The number of rotatable bonds is 13. The molecule has 2 atom stereocenters. The van der Waals surface area contributed by atoms with Crippen molar-refractivity contribution in [2.45, 2.75) is 44.6 Å². The molecule has 0 radical (unpaired) electrons. The summed E-state index contributed by atoms with van der Waals surface area (Å²) in [6.07, 6.45) is -2.99. The molecule has 2 saturated heterocycles. The lowest BCUT2D eigenvalue weighted by Gasteiger charge is -2.53. The monoisotopic (exact) mass is 720 g/mol. The molecule has 52 heavy (non-hydrogen) atoms. The van der Waals surface area contributed by atoms with Crippen LogP contribution in [0.15, 0.2) is 79.0 Å². The van der Waals surface area contributed by atoms with Crippen molar-refractivity contribution in [1.29, 1.82) is 0 Å². The SMILES string of the molecule is CCOc1nc(OC)c(CN2CC3CN(C(=O)c4cccnc4OCC)CCN3C(C(c3ccccc3)c3ccccc3)C2)c(OCC(F)(F)F)n1. The van der Waals surface area contributed by atoms with Gasteiger partial charge in [0.25, 0.3) is 5.91 Å². The maximum absolute atomic E-state index is 14.0. The van der Waals surface area contributed by atoms with Crippen LogP contribution in [-0.2, 0) is 6.54 Å². The normalized spacial score (nSPS) is 18.2. The van der Waals surface area contributed by atoms with E-state index < -0.39 is 12.8 Å². The second-order valence-electron chi connectivity index (χ2n) is 12.6. The van der Waals surface area contributed by atoms with E-state index in [0.29, 0.717) is 50.8 Å². The summed E-state index contributed by atoms with van der Waals surface area (Å²) in [5, 5.41) is 0. The third-order valence-electron chi connectivity index (χ3n) is 9.27. The number of carbonyl (C=O) groups excluding carboxylic acids is 1. The molecule has 0 aliphatic carbocycles. The average Bonchev–Trinajstić information content (AvgIpc) is 3.15. The van der Waals surface area contributed by atoms with Crippen LogP contribution >= 0.6 is 0 Å². The van der Waals surface area contributed by atoms with Crippen molar-refractivity contribution >= 4 is 5.91 Å². The highest BCUT2D eigenvalue weighted by Crippen LogP contribution is 2.38. The van der Waals surface area contributed by atoms with Crippen molar-refractivity contribution in [3.05, 3.63) is 101 Å². The van der Waals surface area contributed by atoms with Crippen LogP contribution in [0.2, 0.25) is 0 Å². The molecule has 2 aliphatic rings. The summed E-state index contributed by atoms with van der Waals surface area (Å²) in [6.45, 7) is 5.31. The van der Waals surface area contributed by atoms with Gasteiger partial charge in [0.05, 0.1) is 25.9 Å². The van der Waals surface area contributed by atoms with E-state index in [4.69, 9.17) is 18.9 Å². The fraction of sp³-hybridized carbons (Fsp3) is 0.421. The summed E-state index contributed by atoms with van der Waals surface area (Å²) < 4.78 is 62.2. The number of hydrogen-bond acceptors (Lipinski definition) is 10. The van der Waals surface area contributed by atoms with Crippen LogP contribution in [-0.4, -0.2) is 113 Å². The Morgan fingerprint density at radius 1 is 0.827 bits per heavy atom. The molecule has 11 nitrogen and oxygen atoms in total. The lowest BCUT2D eigenvalue weighted by Crippen LogP contribution is -2.67. The number of amides is 1. The minimum absolute atomic E-state index is 0.0581. The highest BCUT2D eigenvalue weighted by Gasteiger charge is 2.44. The van der Waals surface area contributed by atoms with Gasteiger partial charge in [-0.25, -0.2) is 4.98 Å². The van der Waals surface area contributed by atoms with Crippen molar-refractivity contribution in [1.82, 2.24) is 29.7 Å². The van der Waals surface area contributed by atoms with Gasteiger partial charge < -0.3 is 23.8 Å². The maximum atomic E-state index is 14.0. The molecular weight excluding hydrogens is 677 g/mol. The predicted molar refractivity (Wildman–Crippen MR) is 187 cm³/mol. The zero-order valence-corrected chi connectivity index (χ0v) is 29.5. The van der Waals surface area contributed by atoms with E-state index in [0.717, 1.165) is 11.1 Å². The van der Waals surface area contributed by atoms with Crippen molar-refractivity contribution < 1.29 is 36.9 Å². The number of carbonyl (C=O) groups is 1. The number of pyridine rings is 1. The van der Waals surface area contributed by atoms with Gasteiger partial charge >= 0.3 is 12.2 Å². The van der Waals surface area contributed by atoms with Crippen LogP contribution in [0, 0.1) is 0 Å². The van der Waals surface area contributed by atoms with E-state index in [-0.39, 0.29) is 60.4 Å². The minimum Gasteiger partial charge on any atom is -0.481 e. The molecule has 0 N–H and O–H groups in total. The van der Waals surface area contributed by atoms with Crippen molar-refractivity contribution in [3.63, 3.8) is 0 Å². The Morgan fingerprint density at radius 3 is 2.13 bits per heavy atom. The summed E-state index contributed by atoms with van der Waals surface area (Å²) in [7, 11) is 1.40. The van der Waals surface area contributed by atoms with Gasteiger partial charge in [-0.1, -0.05) is 60.7 Å². The molecule has 4 heterocycles. The van der Waals surface area contributed by atoms with Crippen LogP contribution < -0.4 is 18.9 Å². The number of fused-ring (bicyclic) bond motifs is 1. The Balaban J connectivity index is 1.38. The number of ether oxygens (including phenoxy) is 4. The minimum atomic E-state index is -4.59. The molecule has 2 aliphatic heterocycles. The zero-order chi connectivity index (χ0) is 36.7. The molecule has 14 heteroatoms. The van der Waals surface area contributed by atoms with Gasteiger partial charge in [0.2, 0.25) is 17.6 Å². The molecule has 2 fully saturated rings. The van der Waals surface area contributed by atoms with Crippen LogP contribution in [0.1, 0.15) is 46.8 Å². The third-order valence-corrected chi connectivity index (χ3v) is 9.27. The van der Waals surface area contributed by atoms with Crippen molar-refractivity contribution in [3.8, 4) is 23.7 Å². The molecule has 6 rings (SSSR count). The first-order chi connectivity index (χ1) is 25.2. The number of benzene rings is 2. The molecule has 0 spiro atoms. The van der Waals surface area contributed by atoms with Crippen LogP contribution in [0.25, 0.3) is 0 Å². The Hall–Kier alpha value is -4.95. The zero-order valence-electron chi connectivity index (χ0n) is 29.5. The fourth-order valence-electron chi connectivity index (χ4n) is 7.17. The van der Waals surface area contributed by atoms with E-state index in [1.165, 1.54) is 7.11 Å². The number of halogens is 3. The van der Waals surface area contributed by atoms with Gasteiger partial charge in [0.1, 0.15) is 5.56 Å².